The number of benzene rings is 2. The Bertz CT molecular complexity index is 1800. The summed E-state index contributed by atoms with van der Waals surface area (Å²) >= 11 is 6.47. The second-order valence-corrected chi connectivity index (χ2v) is 18.5. The maximum absolute atomic E-state index is 13.6. The molecule has 3 aliphatic heterocycles. The van der Waals surface area contributed by atoms with Gasteiger partial charge in [-0.25, -0.2) is 13.1 Å². The molecule has 52 heavy (non-hydrogen) atoms. The summed E-state index contributed by atoms with van der Waals surface area (Å²) in [6, 6.07) is 11.5. The van der Waals surface area contributed by atoms with Crippen molar-refractivity contribution in [3.05, 3.63) is 58.1 Å². The summed E-state index contributed by atoms with van der Waals surface area (Å²) in [6.45, 7) is 9.80. The van der Waals surface area contributed by atoms with Crippen LogP contribution < -0.4 is 14.4 Å². The van der Waals surface area contributed by atoms with Crippen molar-refractivity contribution in [1.82, 2.24) is 9.62 Å². The minimum absolute atomic E-state index is 0.0175. The van der Waals surface area contributed by atoms with Gasteiger partial charge < -0.3 is 19.5 Å². The van der Waals surface area contributed by atoms with E-state index in [1.807, 2.05) is 13.0 Å². The molecule has 0 aromatic heterocycles. The van der Waals surface area contributed by atoms with Crippen LogP contribution in [0.15, 0.2) is 36.4 Å². The predicted molar refractivity (Wildman–Crippen MR) is 205 cm³/mol. The maximum Gasteiger partial charge on any atom is 0.264 e. The van der Waals surface area contributed by atoms with Crippen LogP contribution in [0.2, 0.25) is 5.02 Å². The third kappa shape index (κ3) is 7.86. The van der Waals surface area contributed by atoms with Gasteiger partial charge in [-0.2, -0.15) is 0 Å². The zero-order chi connectivity index (χ0) is 36.5. The second kappa shape index (κ2) is 15.5. The van der Waals surface area contributed by atoms with E-state index in [1.165, 1.54) is 11.1 Å². The molecule has 1 spiro atoms. The number of morpholine rings is 1. The van der Waals surface area contributed by atoms with Crippen molar-refractivity contribution >= 4 is 33.2 Å². The fourth-order valence-electron chi connectivity index (χ4n) is 9.24. The Kier molecular flexibility index (Phi) is 11.2. The molecule has 3 heterocycles. The van der Waals surface area contributed by atoms with Gasteiger partial charge in [0.1, 0.15) is 11.4 Å². The molecule has 0 radical (unpaired) electrons. The third-order valence-electron chi connectivity index (χ3n) is 12.7. The Morgan fingerprint density at radius 3 is 2.67 bits per heavy atom. The van der Waals surface area contributed by atoms with Gasteiger partial charge in [-0.15, -0.1) is 5.92 Å². The average Bonchev–Trinajstić information content (AvgIpc) is 3.26. The lowest BCUT2D eigenvalue weighted by atomic mass is 9.63. The van der Waals surface area contributed by atoms with E-state index >= 15 is 0 Å². The van der Waals surface area contributed by atoms with Crippen LogP contribution >= 0.6 is 11.6 Å². The van der Waals surface area contributed by atoms with Crippen molar-refractivity contribution in [1.29, 1.82) is 0 Å². The number of unbranched alkanes of at least 4 members (excludes halogenated alkanes) is 1. The summed E-state index contributed by atoms with van der Waals surface area (Å²) in [4.78, 5) is 18.3. The van der Waals surface area contributed by atoms with Crippen LogP contribution in [0.1, 0.15) is 93.1 Å². The number of carbonyl (C=O) groups excluding carboxylic acids is 1. The number of ether oxygens (including phenoxy) is 2. The molecule has 11 heteroatoms. The molecule has 2 aromatic carbocycles. The molecule has 2 aliphatic carbocycles. The summed E-state index contributed by atoms with van der Waals surface area (Å²) in [7, 11) is -3.96. The fraction of sp³-hybridized carbons (Fsp3) is 0.634. The summed E-state index contributed by atoms with van der Waals surface area (Å²) in [5.41, 5.74) is 2.08. The van der Waals surface area contributed by atoms with Crippen LogP contribution in [0.4, 0.5) is 5.69 Å². The molecule has 6 atom stereocenters. The molecule has 1 saturated heterocycles. The number of aryl methyl sites for hydroxylation is 1. The summed E-state index contributed by atoms with van der Waals surface area (Å²) in [5.74, 6) is 6.77. The first kappa shape index (κ1) is 37.5. The van der Waals surface area contributed by atoms with E-state index in [1.54, 1.807) is 25.1 Å². The Balaban J connectivity index is 1.23. The summed E-state index contributed by atoms with van der Waals surface area (Å²) in [5, 5.41) is 12.4. The molecule has 7 rings (SSSR count). The average molecular weight is 752 g/mol. The SMILES string of the molecule is C[C@@H]1[C@@H](C)CCC[C@](O)(C#CCCCN2CCOCC2)[C@@H]2CC[C@H]2CN2C[C@@]3(CCCc4cc(Cl)ccc43)COc3ccc(cc32)C(=O)NS1(=O)=O. The number of sulfonamides is 1. The lowest BCUT2D eigenvalue weighted by Gasteiger charge is -2.48. The minimum Gasteiger partial charge on any atom is -0.490 e. The van der Waals surface area contributed by atoms with Gasteiger partial charge >= 0.3 is 0 Å². The van der Waals surface area contributed by atoms with Crippen molar-refractivity contribution in [3.8, 4) is 17.6 Å². The molecule has 282 valence electrons. The number of nitrogens with one attached hydrogen (secondary N) is 1. The summed E-state index contributed by atoms with van der Waals surface area (Å²) < 4.78 is 41.5. The first-order valence-electron chi connectivity index (χ1n) is 19.4. The monoisotopic (exact) mass is 751 g/mol. The highest BCUT2D eigenvalue weighted by molar-refractivity contribution is 7.90. The van der Waals surface area contributed by atoms with Gasteiger partial charge in [0, 0.05) is 54.5 Å². The normalized spacial score (nSPS) is 32.2. The number of anilines is 1. The molecule has 1 amide bonds. The van der Waals surface area contributed by atoms with Gasteiger partial charge in [-0.3, -0.25) is 9.69 Å². The van der Waals surface area contributed by atoms with E-state index in [2.05, 4.69) is 38.5 Å². The van der Waals surface area contributed by atoms with Gasteiger partial charge in [-0.1, -0.05) is 30.5 Å². The number of halogens is 1. The quantitative estimate of drug-likeness (QED) is 0.293. The van der Waals surface area contributed by atoms with Gasteiger partial charge in [0.05, 0.1) is 30.8 Å². The van der Waals surface area contributed by atoms with Crippen molar-refractivity contribution in [2.45, 2.75) is 94.3 Å². The molecule has 2 aromatic rings. The lowest BCUT2D eigenvalue weighted by Crippen LogP contribution is -2.52. The van der Waals surface area contributed by atoms with Crippen molar-refractivity contribution in [2.75, 3.05) is 57.4 Å². The van der Waals surface area contributed by atoms with Gasteiger partial charge in [0.25, 0.3) is 5.91 Å². The molecule has 2 bridgehead atoms. The highest BCUT2D eigenvalue weighted by atomic mass is 35.5. The van der Waals surface area contributed by atoms with Crippen LogP contribution in [0.5, 0.6) is 5.75 Å². The number of fused-ring (bicyclic) bond motifs is 4. The van der Waals surface area contributed by atoms with Crippen LogP contribution in [0.25, 0.3) is 0 Å². The largest absolute Gasteiger partial charge is 0.490 e. The summed E-state index contributed by atoms with van der Waals surface area (Å²) in [6.07, 6.45) is 8.16. The van der Waals surface area contributed by atoms with Crippen molar-refractivity contribution in [3.63, 3.8) is 0 Å². The Morgan fingerprint density at radius 2 is 1.88 bits per heavy atom. The highest BCUT2D eigenvalue weighted by Crippen LogP contribution is 2.49. The van der Waals surface area contributed by atoms with Gasteiger partial charge in [-0.05, 0) is 125 Å². The Hall–Kier alpha value is -2.81. The topological polar surface area (TPSA) is 108 Å². The molecule has 9 nitrogen and oxygen atoms in total. The zero-order valence-corrected chi connectivity index (χ0v) is 32.2. The predicted octanol–water partition coefficient (Wildman–Crippen LogP) is 5.95. The van der Waals surface area contributed by atoms with Crippen LogP contribution in [0.3, 0.4) is 0 Å². The van der Waals surface area contributed by atoms with E-state index < -0.39 is 26.8 Å². The van der Waals surface area contributed by atoms with Crippen LogP contribution in [-0.4, -0.2) is 87.7 Å². The lowest BCUT2D eigenvalue weighted by molar-refractivity contribution is -0.0448. The number of rotatable bonds is 3. The molecular weight excluding hydrogens is 698 g/mol. The second-order valence-electron chi connectivity index (χ2n) is 16.1. The molecule has 1 saturated carbocycles. The van der Waals surface area contributed by atoms with Crippen LogP contribution in [-0.2, 0) is 26.6 Å². The van der Waals surface area contributed by atoms with Gasteiger partial charge in [0.15, 0.2) is 0 Å². The highest BCUT2D eigenvalue weighted by Gasteiger charge is 2.48. The molecule has 0 unspecified atom stereocenters. The smallest absolute Gasteiger partial charge is 0.264 e. The molecule has 2 N–H and O–H groups in total. The standard InChI is InChI=1S/C41H54ClN3O6S/c1-29-8-6-18-41(47,17-4-3-5-19-44-20-22-50-23-21-44)36-13-10-33(36)26-45-27-40(16-7-9-31-24-34(42)12-14-35(31)40)28-51-38-15-11-32(25-37(38)45)39(46)43-52(48,49)30(29)2/h11-12,14-15,24-25,29-30,33,36,47H,3,5-10,13,16,18-23,26-28H2,1-2H3,(H,43,46)/t29-,30+,33-,36+,40-,41+/m0/s1. The van der Waals surface area contributed by atoms with E-state index in [9.17, 15) is 18.3 Å². The Labute approximate surface area is 314 Å². The van der Waals surface area contributed by atoms with Crippen LogP contribution in [0, 0.1) is 29.6 Å². The number of hydrogen-bond donors (Lipinski definition) is 2. The Morgan fingerprint density at radius 1 is 1.06 bits per heavy atom. The maximum atomic E-state index is 13.6. The molecular formula is C41H54ClN3O6S. The van der Waals surface area contributed by atoms with E-state index in [0.29, 0.717) is 51.1 Å². The third-order valence-corrected chi connectivity index (χ3v) is 14.9. The number of hydrogen-bond acceptors (Lipinski definition) is 8. The van der Waals surface area contributed by atoms with E-state index in [-0.39, 0.29) is 28.7 Å². The first-order chi connectivity index (χ1) is 25.0. The van der Waals surface area contributed by atoms with E-state index in [4.69, 9.17) is 21.1 Å². The molecule has 2 fully saturated rings. The zero-order valence-electron chi connectivity index (χ0n) is 30.7. The fourth-order valence-corrected chi connectivity index (χ4v) is 10.7. The number of aliphatic hydroxyl groups is 1. The first-order valence-corrected chi connectivity index (χ1v) is 21.3. The number of nitrogens with zero attached hydrogens (tertiary/aromatic N) is 2. The van der Waals surface area contributed by atoms with Crippen molar-refractivity contribution in [2.24, 2.45) is 17.8 Å². The minimum atomic E-state index is -3.96. The number of carbonyl (C=O) groups is 1. The molecule has 5 aliphatic rings. The number of amides is 1. The van der Waals surface area contributed by atoms with Crippen molar-refractivity contribution < 1.29 is 27.8 Å². The van der Waals surface area contributed by atoms with E-state index in [0.717, 1.165) is 82.1 Å². The van der Waals surface area contributed by atoms with Gasteiger partial charge in [0.2, 0.25) is 10.0 Å².